The van der Waals surface area contributed by atoms with E-state index in [1.165, 1.54) is 42.4 Å². The minimum absolute atomic E-state index is 0.0494. The van der Waals surface area contributed by atoms with Crippen molar-refractivity contribution >= 4 is 75.4 Å². The first-order valence-corrected chi connectivity index (χ1v) is 21.1. The second-order valence-electron chi connectivity index (χ2n) is 16.3. The smallest absolute Gasteiger partial charge is 0.164 e. The monoisotopic (exact) mass is 787 g/mol. The summed E-state index contributed by atoms with van der Waals surface area (Å²) in [5.74, 6) is 1.76. The number of benzene rings is 8. The van der Waals surface area contributed by atoms with Crippen LogP contribution < -0.4 is 0 Å². The van der Waals surface area contributed by atoms with Crippen molar-refractivity contribution in [2.75, 3.05) is 0 Å². The van der Waals surface area contributed by atoms with E-state index in [1.54, 1.807) is 11.3 Å². The van der Waals surface area contributed by atoms with Crippen LogP contribution in [0, 0.1) is 0 Å². The van der Waals surface area contributed by atoms with Gasteiger partial charge in [0.25, 0.3) is 0 Å². The maximum Gasteiger partial charge on any atom is 0.164 e. The Morgan fingerprint density at radius 2 is 0.950 bits per heavy atom. The Bertz CT molecular complexity index is 3770. The molecule has 1 aliphatic rings. The van der Waals surface area contributed by atoms with Gasteiger partial charge in [0.05, 0.1) is 0 Å². The fraction of sp³-hybridized carbons (Fsp3) is 0.0556. The van der Waals surface area contributed by atoms with E-state index in [-0.39, 0.29) is 5.41 Å². The lowest BCUT2D eigenvalue weighted by Crippen LogP contribution is -2.14. The largest absolute Gasteiger partial charge is 0.456 e. The normalized spacial score (nSPS) is 13.3. The van der Waals surface area contributed by atoms with E-state index in [0.29, 0.717) is 17.5 Å². The van der Waals surface area contributed by atoms with Crippen molar-refractivity contribution < 1.29 is 8.83 Å². The van der Waals surface area contributed by atoms with E-state index < -0.39 is 0 Å². The Kier molecular flexibility index (Phi) is 6.88. The highest BCUT2D eigenvalue weighted by Gasteiger charge is 2.35. The average Bonchev–Trinajstić information content (AvgIpc) is 4.03. The molecule has 5 nitrogen and oxygen atoms in total. The van der Waals surface area contributed by atoms with Gasteiger partial charge in [-0.3, -0.25) is 0 Å². The summed E-state index contributed by atoms with van der Waals surface area (Å²) < 4.78 is 15.4. The first-order valence-electron chi connectivity index (χ1n) is 20.3. The number of aromatic nitrogens is 3. The zero-order chi connectivity index (χ0) is 39.7. The number of rotatable bonds is 4. The highest BCUT2D eigenvalue weighted by molar-refractivity contribution is 7.25. The predicted octanol–water partition coefficient (Wildman–Crippen LogP) is 15.0. The van der Waals surface area contributed by atoms with Crippen molar-refractivity contribution in [1.82, 2.24) is 15.0 Å². The van der Waals surface area contributed by atoms with Gasteiger partial charge in [-0.2, -0.15) is 0 Å². The van der Waals surface area contributed by atoms with Gasteiger partial charge in [-0.15, -0.1) is 11.3 Å². The quantitative estimate of drug-likeness (QED) is 0.178. The molecule has 6 heteroatoms. The highest BCUT2D eigenvalue weighted by Crippen LogP contribution is 2.50. The zero-order valence-electron chi connectivity index (χ0n) is 32.7. The van der Waals surface area contributed by atoms with Gasteiger partial charge in [-0.25, -0.2) is 15.0 Å². The van der Waals surface area contributed by atoms with Gasteiger partial charge in [0, 0.05) is 63.8 Å². The van der Waals surface area contributed by atoms with Crippen LogP contribution in [0.4, 0.5) is 0 Å². The van der Waals surface area contributed by atoms with Crippen LogP contribution in [0.1, 0.15) is 25.0 Å². The summed E-state index contributed by atoms with van der Waals surface area (Å²) in [6, 6.07) is 57.7. The maximum absolute atomic E-state index is 6.57. The molecule has 0 saturated heterocycles. The van der Waals surface area contributed by atoms with Crippen LogP contribution in [-0.4, -0.2) is 15.0 Å². The van der Waals surface area contributed by atoms with Crippen molar-refractivity contribution in [3.63, 3.8) is 0 Å². The van der Waals surface area contributed by atoms with Crippen molar-refractivity contribution in [3.8, 4) is 56.4 Å². The Labute approximate surface area is 348 Å². The molecule has 0 aliphatic heterocycles. The SMILES string of the molecule is CC1(C)c2ccccc2-c2cc(-c3ccc4oc5cccc(-c6nc(-c7ccc8c(c7)sc7ccccc78)nc(-c7cccc8oc9ccccc9c78)n6)c5c4c3)ccc21. The van der Waals surface area contributed by atoms with Crippen LogP contribution in [0.2, 0.25) is 0 Å². The summed E-state index contributed by atoms with van der Waals surface area (Å²) >= 11 is 1.79. The molecule has 0 unspecified atom stereocenters. The van der Waals surface area contributed by atoms with Gasteiger partial charge in [-0.1, -0.05) is 129 Å². The number of para-hydroxylation sites is 1. The van der Waals surface area contributed by atoms with Crippen LogP contribution in [-0.2, 0) is 5.41 Å². The summed E-state index contributed by atoms with van der Waals surface area (Å²) in [5.41, 5.74) is 13.5. The first kappa shape index (κ1) is 33.6. The van der Waals surface area contributed by atoms with Crippen molar-refractivity contribution in [3.05, 3.63) is 175 Å². The number of hydrogen-bond acceptors (Lipinski definition) is 6. The summed E-state index contributed by atoms with van der Waals surface area (Å²) in [7, 11) is 0. The van der Waals surface area contributed by atoms with Crippen LogP contribution >= 0.6 is 11.3 Å². The van der Waals surface area contributed by atoms with Crippen molar-refractivity contribution in [2.24, 2.45) is 0 Å². The number of thiophene rings is 1. The van der Waals surface area contributed by atoms with Crippen molar-refractivity contribution in [1.29, 1.82) is 0 Å². The van der Waals surface area contributed by atoms with E-state index in [1.807, 2.05) is 42.5 Å². The number of hydrogen-bond donors (Lipinski definition) is 0. The van der Waals surface area contributed by atoms with Gasteiger partial charge >= 0.3 is 0 Å². The molecule has 0 spiro atoms. The molecule has 13 rings (SSSR count). The summed E-state index contributed by atoms with van der Waals surface area (Å²) in [6.45, 7) is 4.64. The zero-order valence-corrected chi connectivity index (χ0v) is 33.5. The maximum atomic E-state index is 6.57. The van der Waals surface area contributed by atoms with Gasteiger partial charge in [0.1, 0.15) is 22.3 Å². The molecule has 0 amide bonds. The second kappa shape index (κ2) is 12.3. The van der Waals surface area contributed by atoms with Crippen molar-refractivity contribution in [2.45, 2.75) is 19.3 Å². The Hall–Kier alpha value is -7.41. The van der Waals surface area contributed by atoms with Gasteiger partial charge in [-0.05, 0) is 81.9 Å². The fourth-order valence-electron chi connectivity index (χ4n) is 9.66. The molecule has 1 aliphatic carbocycles. The molecule has 0 N–H and O–H groups in total. The predicted molar refractivity (Wildman–Crippen MR) is 247 cm³/mol. The minimum Gasteiger partial charge on any atom is -0.456 e. The molecule has 0 bridgehead atoms. The number of nitrogens with zero attached hydrogens (tertiary/aromatic N) is 3. The van der Waals surface area contributed by atoms with Gasteiger partial charge in [0.2, 0.25) is 0 Å². The van der Waals surface area contributed by atoms with Gasteiger partial charge in [0.15, 0.2) is 17.5 Å². The third-order valence-electron chi connectivity index (χ3n) is 12.6. The van der Waals surface area contributed by atoms with Crippen LogP contribution in [0.25, 0.3) is 120 Å². The summed E-state index contributed by atoms with van der Waals surface area (Å²) in [5, 5.41) is 6.46. The molecule has 282 valence electrons. The fourth-order valence-corrected chi connectivity index (χ4v) is 10.8. The summed E-state index contributed by atoms with van der Waals surface area (Å²) in [6.07, 6.45) is 0. The molecule has 0 fully saturated rings. The molecule has 8 aromatic carbocycles. The lowest BCUT2D eigenvalue weighted by Gasteiger charge is -2.21. The van der Waals surface area contributed by atoms with Gasteiger partial charge < -0.3 is 8.83 Å². The average molecular weight is 788 g/mol. The molecular formula is C54H33N3O2S. The molecule has 60 heavy (non-hydrogen) atoms. The summed E-state index contributed by atoms with van der Waals surface area (Å²) in [4.78, 5) is 15.9. The Morgan fingerprint density at radius 1 is 0.383 bits per heavy atom. The molecule has 0 saturated carbocycles. The molecule has 0 atom stereocenters. The second-order valence-corrected chi connectivity index (χ2v) is 17.4. The van der Waals surface area contributed by atoms with E-state index in [4.69, 9.17) is 23.8 Å². The lowest BCUT2D eigenvalue weighted by atomic mass is 9.82. The molecule has 4 aromatic heterocycles. The van der Waals surface area contributed by atoms with E-state index in [2.05, 4.69) is 135 Å². The van der Waals surface area contributed by atoms with E-state index in [0.717, 1.165) is 71.7 Å². The standard InChI is InChI=1S/C54H33N3O2S/c1-54(2)41-16-6-3-11-33(41)39-27-30(22-25-42(39)54)31-23-26-44-40(28-31)50-38(15-10-19-46(50)59-44)53-56-51(32-21-24-35-34-12-5-8-20-47(34)60-48(35)29-32)55-52(57-53)37-14-9-18-45-49(37)36-13-4-7-17-43(36)58-45/h3-29H,1-2H3. The highest BCUT2D eigenvalue weighted by atomic mass is 32.1. The first-order chi connectivity index (χ1) is 29.5. The van der Waals surface area contributed by atoms with E-state index in [9.17, 15) is 0 Å². The Morgan fingerprint density at radius 3 is 1.77 bits per heavy atom. The lowest BCUT2D eigenvalue weighted by molar-refractivity contribution is 0.660. The number of furan rings is 2. The number of fused-ring (bicyclic) bond motifs is 12. The van der Waals surface area contributed by atoms with Crippen LogP contribution in [0.3, 0.4) is 0 Å². The topological polar surface area (TPSA) is 65.0 Å². The minimum atomic E-state index is -0.0494. The van der Waals surface area contributed by atoms with Crippen LogP contribution in [0.15, 0.2) is 173 Å². The third kappa shape index (κ3) is 4.82. The molecule has 0 radical (unpaired) electrons. The Balaban J connectivity index is 1.03. The molecule has 4 heterocycles. The molecular weight excluding hydrogens is 755 g/mol. The van der Waals surface area contributed by atoms with E-state index >= 15 is 0 Å². The third-order valence-corrected chi connectivity index (χ3v) is 13.7. The molecule has 12 aromatic rings. The van der Waals surface area contributed by atoms with Crippen LogP contribution in [0.5, 0.6) is 0 Å².